The van der Waals surface area contributed by atoms with E-state index in [1.165, 1.54) is 11.8 Å². The van der Waals surface area contributed by atoms with E-state index in [0.717, 1.165) is 24.0 Å². The Morgan fingerprint density at radius 1 is 1.11 bits per heavy atom. The molecule has 3 aromatic heterocycles. The van der Waals surface area contributed by atoms with E-state index < -0.39 is 29.5 Å². The largest absolute Gasteiger partial charge is 0.433 e. The van der Waals surface area contributed by atoms with Crippen molar-refractivity contribution in [3.8, 4) is 11.4 Å². The third-order valence-corrected chi connectivity index (χ3v) is 5.87. The van der Waals surface area contributed by atoms with Crippen LogP contribution in [0.2, 0.25) is 0 Å². The molecule has 1 atom stereocenters. The van der Waals surface area contributed by atoms with Gasteiger partial charge < -0.3 is 10.2 Å². The van der Waals surface area contributed by atoms with Gasteiger partial charge in [0.05, 0.1) is 24.5 Å². The Morgan fingerprint density at radius 3 is 2.43 bits per heavy atom. The Labute approximate surface area is 213 Å². The lowest BCUT2D eigenvalue weighted by atomic mass is 9.99. The lowest BCUT2D eigenvalue weighted by Gasteiger charge is -2.27. The van der Waals surface area contributed by atoms with Crippen LogP contribution in [0.3, 0.4) is 0 Å². The first-order valence-electron chi connectivity index (χ1n) is 12.1. The van der Waals surface area contributed by atoms with Crippen molar-refractivity contribution >= 4 is 11.7 Å². The fourth-order valence-electron chi connectivity index (χ4n) is 3.98. The summed E-state index contributed by atoms with van der Waals surface area (Å²) in [7, 11) is 0. The highest BCUT2D eigenvalue weighted by Gasteiger charge is 2.35. The van der Waals surface area contributed by atoms with Gasteiger partial charge in [0.25, 0.3) is 0 Å². The molecule has 7 nitrogen and oxygen atoms in total. The normalized spacial score (nSPS) is 12.3. The van der Waals surface area contributed by atoms with Crippen LogP contribution in [0.5, 0.6) is 0 Å². The molecule has 198 valence electrons. The zero-order valence-electron chi connectivity index (χ0n) is 21.2. The SMILES string of the molecule is CCCc1cc(-c2ncccn2)c(C)nc1NCN(CCC)C(=O)[C@H](C)c1cc(C(F)(F)F)ncc1F. The molecule has 3 aromatic rings. The van der Waals surface area contributed by atoms with Gasteiger partial charge >= 0.3 is 6.18 Å². The average Bonchev–Trinajstić information content (AvgIpc) is 2.87. The average molecular weight is 519 g/mol. The molecule has 0 bridgehead atoms. The number of pyridine rings is 2. The topological polar surface area (TPSA) is 83.9 Å². The second kappa shape index (κ2) is 12.1. The highest BCUT2D eigenvalue weighted by Crippen LogP contribution is 2.31. The third-order valence-electron chi connectivity index (χ3n) is 5.87. The molecule has 0 fully saturated rings. The Kier molecular flexibility index (Phi) is 9.12. The second-order valence-electron chi connectivity index (χ2n) is 8.70. The minimum Gasteiger partial charge on any atom is -0.352 e. The van der Waals surface area contributed by atoms with E-state index in [2.05, 4.69) is 20.3 Å². The van der Waals surface area contributed by atoms with Gasteiger partial charge in [-0.1, -0.05) is 20.3 Å². The van der Waals surface area contributed by atoms with E-state index in [1.54, 1.807) is 18.5 Å². The summed E-state index contributed by atoms with van der Waals surface area (Å²) in [6.07, 6.45) is 1.25. The lowest BCUT2D eigenvalue weighted by molar-refractivity contribution is -0.141. The standard InChI is InChI=1S/C26H30F4N6O/c1-5-8-18-12-20(24-31-9-7-10-32-24)17(4)35-23(18)34-15-36(11-6-2)25(37)16(3)19-13-22(26(28,29)30)33-14-21(19)27/h7,9-10,12-14,16H,5-6,8,11,15H2,1-4H3,(H,34,35)/t16-/m1/s1. The molecule has 0 aliphatic carbocycles. The van der Waals surface area contributed by atoms with E-state index in [4.69, 9.17) is 4.98 Å². The first-order valence-corrected chi connectivity index (χ1v) is 12.1. The fraction of sp³-hybridized carbons (Fsp3) is 0.423. The minimum absolute atomic E-state index is 0.0557. The van der Waals surface area contributed by atoms with Gasteiger partial charge in [-0.05, 0) is 50.5 Å². The van der Waals surface area contributed by atoms with Crippen molar-refractivity contribution in [2.75, 3.05) is 18.5 Å². The summed E-state index contributed by atoms with van der Waals surface area (Å²) in [5.41, 5.74) is 0.839. The number of nitrogens with one attached hydrogen (secondary N) is 1. The molecule has 3 rings (SSSR count). The van der Waals surface area contributed by atoms with Crippen molar-refractivity contribution in [2.45, 2.75) is 59.1 Å². The predicted molar refractivity (Wildman–Crippen MR) is 132 cm³/mol. The number of hydrogen-bond donors (Lipinski definition) is 1. The molecule has 0 aliphatic rings. The maximum atomic E-state index is 14.4. The van der Waals surface area contributed by atoms with Crippen LogP contribution in [-0.2, 0) is 17.4 Å². The molecule has 37 heavy (non-hydrogen) atoms. The molecule has 0 unspecified atom stereocenters. The van der Waals surface area contributed by atoms with Crippen LogP contribution in [0, 0.1) is 12.7 Å². The summed E-state index contributed by atoms with van der Waals surface area (Å²) in [5.74, 6) is -1.45. The summed E-state index contributed by atoms with van der Waals surface area (Å²) in [6, 6.07) is 4.31. The van der Waals surface area contributed by atoms with Crippen molar-refractivity contribution in [3.63, 3.8) is 0 Å². The number of amides is 1. The van der Waals surface area contributed by atoms with Gasteiger partial charge in [0.1, 0.15) is 17.3 Å². The molecular formula is C26H30F4N6O. The van der Waals surface area contributed by atoms with Crippen LogP contribution in [0.4, 0.5) is 23.4 Å². The van der Waals surface area contributed by atoms with Crippen LogP contribution >= 0.6 is 0 Å². The molecule has 0 aliphatic heterocycles. The van der Waals surface area contributed by atoms with Crippen molar-refractivity contribution in [2.24, 2.45) is 0 Å². The third kappa shape index (κ3) is 6.78. The van der Waals surface area contributed by atoms with Gasteiger partial charge in [-0.25, -0.2) is 24.3 Å². The summed E-state index contributed by atoms with van der Waals surface area (Å²) in [6.45, 7) is 7.53. The first kappa shape index (κ1) is 27.9. The quantitative estimate of drug-likeness (QED) is 0.271. The Morgan fingerprint density at radius 2 is 1.81 bits per heavy atom. The number of carbonyl (C=O) groups is 1. The van der Waals surface area contributed by atoms with Gasteiger partial charge in [-0.2, -0.15) is 13.2 Å². The Hall–Kier alpha value is -3.63. The first-order chi connectivity index (χ1) is 17.6. The van der Waals surface area contributed by atoms with E-state index in [1.807, 2.05) is 26.8 Å². The Balaban J connectivity index is 1.85. The Bertz CT molecular complexity index is 1220. The minimum atomic E-state index is -4.74. The molecule has 0 saturated carbocycles. The molecule has 3 heterocycles. The molecule has 0 aromatic carbocycles. The smallest absolute Gasteiger partial charge is 0.352 e. The summed E-state index contributed by atoms with van der Waals surface area (Å²) in [4.78, 5) is 31.2. The molecule has 0 saturated heterocycles. The maximum absolute atomic E-state index is 14.4. The number of rotatable bonds is 10. The molecule has 0 radical (unpaired) electrons. The zero-order valence-corrected chi connectivity index (χ0v) is 21.2. The van der Waals surface area contributed by atoms with E-state index >= 15 is 0 Å². The molecule has 0 spiro atoms. The highest BCUT2D eigenvalue weighted by atomic mass is 19.4. The monoisotopic (exact) mass is 518 g/mol. The van der Waals surface area contributed by atoms with Crippen molar-refractivity contribution in [1.82, 2.24) is 24.8 Å². The number of nitrogens with zero attached hydrogens (tertiary/aromatic N) is 5. The van der Waals surface area contributed by atoms with Gasteiger partial charge in [-0.3, -0.25) is 4.79 Å². The number of anilines is 1. The number of alkyl halides is 3. The van der Waals surface area contributed by atoms with E-state index in [0.29, 0.717) is 42.6 Å². The second-order valence-corrected chi connectivity index (χ2v) is 8.70. The van der Waals surface area contributed by atoms with Crippen LogP contribution < -0.4 is 5.32 Å². The molecular weight excluding hydrogens is 488 g/mol. The van der Waals surface area contributed by atoms with Crippen molar-refractivity contribution in [3.05, 3.63) is 65.1 Å². The summed E-state index contributed by atoms with van der Waals surface area (Å²) < 4.78 is 53.7. The number of halogens is 4. The number of hydrogen-bond acceptors (Lipinski definition) is 6. The van der Waals surface area contributed by atoms with Crippen LogP contribution in [0.25, 0.3) is 11.4 Å². The van der Waals surface area contributed by atoms with Crippen molar-refractivity contribution < 1.29 is 22.4 Å². The predicted octanol–water partition coefficient (Wildman–Crippen LogP) is 5.76. The summed E-state index contributed by atoms with van der Waals surface area (Å²) in [5, 5.41) is 3.21. The lowest BCUT2D eigenvalue weighted by Crippen LogP contribution is -2.39. The zero-order chi connectivity index (χ0) is 27.2. The van der Waals surface area contributed by atoms with Crippen LogP contribution in [0.1, 0.15) is 62.0 Å². The maximum Gasteiger partial charge on any atom is 0.433 e. The fourth-order valence-corrected chi connectivity index (χ4v) is 3.98. The molecule has 1 amide bonds. The van der Waals surface area contributed by atoms with Crippen molar-refractivity contribution in [1.29, 1.82) is 0 Å². The van der Waals surface area contributed by atoms with Gasteiger partial charge in [0, 0.05) is 30.1 Å². The molecule has 1 N–H and O–H groups in total. The van der Waals surface area contributed by atoms with Crippen LogP contribution in [-0.4, -0.2) is 44.0 Å². The van der Waals surface area contributed by atoms with E-state index in [9.17, 15) is 22.4 Å². The van der Waals surface area contributed by atoms with Gasteiger partial charge in [0.15, 0.2) is 5.82 Å². The summed E-state index contributed by atoms with van der Waals surface area (Å²) >= 11 is 0. The van der Waals surface area contributed by atoms with Crippen LogP contribution in [0.15, 0.2) is 36.8 Å². The van der Waals surface area contributed by atoms with Gasteiger partial charge in [0.2, 0.25) is 5.91 Å². The number of aromatic nitrogens is 4. The highest BCUT2D eigenvalue weighted by molar-refractivity contribution is 5.83. The number of carbonyl (C=O) groups excluding carboxylic acids is 1. The molecule has 11 heteroatoms. The number of aryl methyl sites for hydroxylation is 2. The van der Waals surface area contributed by atoms with Gasteiger partial charge in [-0.15, -0.1) is 0 Å². The van der Waals surface area contributed by atoms with E-state index in [-0.39, 0.29) is 12.2 Å².